The van der Waals surface area contributed by atoms with Gasteiger partial charge in [0.25, 0.3) is 5.91 Å². The Labute approximate surface area is 110 Å². The first kappa shape index (κ1) is 14.8. The molecular formula is C13H17NO5. The summed E-state index contributed by atoms with van der Waals surface area (Å²) < 4.78 is 0. The Bertz CT molecular complexity index is 472. The second kappa shape index (κ2) is 6.63. The van der Waals surface area contributed by atoms with Crippen LogP contribution in [0.25, 0.3) is 0 Å². The molecule has 1 unspecified atom stereocenters. The lowest BCUT2D eigenvalue weighted by Crippen LogP contribution is -2.36. The van der Waals surface area contributed by atoms with Crippen molar-refractivity contribution in [2.45, 2.75) is 32.2 Å². The molecule has 0 aliphatic rings. The molecule has 1 rings (SSSR count). The molecule has 1 amide bonds. The van der Waals surface area contributed by atoms with E-state index in [1.807, 2.05) is 6.92 Å². The normalized spacial score (nSPS) is 11.8. The molecule has 104 valence electrons. The summed E-state index contributed by atoms with van der Waals surface area (Å²) >= 11 is 0. The average Bonchev–Trinajstić information content (AvgIpc) is 2.27. The van der Waals surface area contributed by atoms with Crippen molar-refractivity contribution in [3.63, 3.8) is 0 Å². The van der Waals surface area contributed by atoms with Crippen molar-refractivity contribution in [2.24, 2.45) is 0 Å². The maximum Gasteiger partial charge on any atom is 0.305 e. The van der Waals surface area contributed by atoms with Gasteiger partial charge in [0.2, 0.25) is 0 Å². The van der Waals surface area contributed by atoms with Gasteiger partial charge < -0.3 is 20.6 Å². The molecule has 1 aromatic carbocycles. The lowest BCUT2D eigenvalue weighted by atomic mass is 10.1. The van der Waals surface area contributed by atoms with Crippen LogP contribution in [0.4, 0.5) is 0 Å². The average molecular weight is 267 g/mol. The number of carbonyl (C=O) groups excluding carboxylic acids is 1. The van der Waals surface area contributed by atoms with E-state index in [2.05, 4.69) is 5.32 Å². The number of carboxylic acid groups (broad SMARTS) is 1. The zero-order chi connectivity index (χ0) is 14.4. The van der Waals surface area contributed by atoms with Crippen LogP contribution in [0.1, 0.15) is 36.5 Å². The third kappa shape index (κ3) is 4.50. The summed E-state index contributed by atoms with van der Waals surface area (Å²) in [6.45, 7) is 1.89. The van der Waals surface area contributed by atoms with Gasteiger partial charge in [-0.05, 0) is 18.6 Å². The van der Waals surface area contributed by atoms with Crippen LogP contribution in [-0.4, -0.2) is 33.2 Å². The summed E-state index contributed by atoms with van der Waals surface area (Å²) in [5.41, 5.74) is 0.00397. The SMILES string of the molecule is CCCC(CC(=O)O)NC(=O)c1ccc(O)cc1O. The summed E-state index contributed by atoms with van der Waals surface area (Å²) in [4.78, 5) is 22.6. The number of benzene rings is 1. The molecule has 0 aliphatic heterocycles. The topological polar surface area (TPSA) is 107 Å². The Morgan fingerprint density at radius 2 is 2.00 bits per heavy atom. The molecule has 0 bridgehead atoms. The van der Waals surface area contributed by atoms with Crippen LogP contribution in [-0.2, 0) is 4.79 Å². The molecule has 0 aliphatic carbocycles. The quantitative estimate of drug-likeness (QED) is 0.624. The van der Waals surface area contributed by atoms with Gasteiger partial charge >= 0.3 is 5.97 Å². The number of hydrogen-bond donors (Lipinski definition) is 4. The predicted molar refractivity (Wildman–Crippen MR) is 68.2 cm³/mol. The maximum absolute atomic E-state index is 11.9. The second-order valence-electron chi connectivity index (χ2n) is 4.26. The second-order valence-corrected chi connectivity index (χ2v) is 4.26. The minimum absolute atomic E-state index is 0.00397. The number of amides is 1. The molecule has 0 saturated carbocycles. The first-order chi connectivity index (χ1) is 8.93. The predicted octanol–water partition coefficient (Wildman–Crippen LogP) is 1.47. The molecule has 19 heavy (non-hydrogen) atoms. The number of hydrogen-bond acceptors (Lipinski definition) is 4. The molecular weight excluding hydrogens is 250 g/mol. The Morgan fingerprint density at radius 3 is 2.53 bits per heavy atom. The summed E-state index contributed by atoms with van der Waals surface area (Å²) in [7, 11) is 0. The third-order valence-electron chi connectivity index (χ3n) is 2.62. The highest BCUT2D eigenvalue weighted by molar-refractivity contribution is 5.97. The zero-order valence-corrected chi connectivity index (χ0v) is 10.6. The van der Waals surface area contributed by atoms with Crippen molar-refractivity contribution in [2.75, 3.05) is 0 Å². The van der Waals surface area contributed by atoms with Crippen molar-refractivity contribution in [3.8, 4) is 11.5 Å². The largest absolute Gasteiger partial charge is 0.508 e. The van der Waals surface area contributed by atoms with Crippen LogP contribution in [0.2, 0.25) is 0 Å². The number of aliphatic carboxylic acids is 1. The molecule has 1 atom stereocenters. The Morgan fingerprint density at radius 1 is 1.32 bits per heavy atom. The number of carbonyl (C=O) groups is 2. The highest BCUT2D eigenvalue weighted by Crippen LogP contribution is 2.22. The fourth-order valence-corrected chi connectivity index (χ4v) is 1.76. The highest BCUT2D eigenvalue weighted by atomic mass is 16.4. The molecule has 0 spiro atoms. The minimum Gasteiger partial charge on any atom is -0.508 e. The molecule has 0 saturated heterocycles. The number of nitrogens with one attached hydrogen (secondary N) is 1. The van der Waals surface area contributed by atoms with Gasteiger partial charge in [-0.15, -0.1) is 0 Å². The number of phenols is 2. The standard InChI is InChI=1S/C13H17NO5/c1-2-3-8(6-12(17)18)14-13(19)10-5-4-9(15)7-11(10)16/h4-5,7-8,15-16H,2-3,6H2,1H3,(H,14,19)(H,17,18). The smallest absolute Gasteiger partial charge is 0.305 e. The van der Waals surface area contributed by atoms with Crippen LogP contribution in [0.15, 0.2) is 18.2 Å². The first-order valence-corrected chi connectivity index (χ1v) is 5.98. The Hall–Kier alpha value is -2.24. The van der Waals surface area contributed by atoms with Crippen LogP contribution < -0.4 is 5.32 Å². The van der Waals surface area contributed by atoms with E-state index in [-0.39, 0.29) is 23.5 Å². The van der Waals surface area contributed by atoms with E-state index in [0.29, 0.717) is 6.42 Å². The van der Waals surface area contributed by atoms with Crippen molar-refractivity contribution in [1.29, 1.82) is 0 Å². The van der Waals surface area contributed by atoms with Crippen LogP contribution in [0.3, 0.4) is 0 Å². The van der Waals surface area contributed by atoms with Crippen LogP contribution in [0.5, 0.6) is 11.5 Å². The summed E-state index contributed by atoms with van der Waals surface area (Å²) in [6, 6.07) is 3.13. The van der Waals surface area contributed by atoms with E-state index in [4.69, 9.17) is 10.2 Å². The van der Waals surface area contributed by atoms with Crippen LogP contribution in [0, 0.1) is 0 Å². The van der Waals surface area contributed by atoms with Gasteiger partial charge in [-0.1, -0.05) is 13.3 Å². The number of rotatable bonds is 6. The summed E-state index contributed by atoms with van der Waals surface area (Å²) in [5, 5.41) is 30.0. The number of aromatic hydroxyl groups is 2. The van der Waals surface area contributed by atoms with Gasteiger partial charge in [0.15, 0.2) is 0 Å². The summed E-state index contributed by atoms with van der Waals surface area (Å²) in [5.74, 6) is -2.04. The van der Waals surface area contributed by atoms with Gasteiger partial charge in [0.1, 0.15) is 11.5 Å². The molecule has 0 fully saturated rings. The van der Waals surface area contributed by atoms with Crippen molar-refractivity contribution < 1.29 is 24.9 Å². The molecule has 0 aromatic heterocycles. The van der Waals surface area contributed by atoms with Gasteiger partial charge in [0, 0.05) is 12.1 Å². The molecule has 6 heteroatoms. The first-order valence-electron chi connectivity index (χ1n) is 5.98. The molecule has 0 radical (unpaired) electrons. The highest BCUT2D eigenvalue weighted by Gasteiger charge is 2.18. The lowest BCUT2D eigenvalue weighted by molar-refractivity contribution is -0.137. The Balaban J connectivity index is 2.78. The zero-order valence-electron chi connectivity index (χ0n) is 10.6. The van der Waals surface area contributed by atoms with E-state index in [0.717, 1.165) is 12.5 Å². The number of carboxylic acids is 1. The number of phenolic OH excluding ortho intramolecular Hbond substituents is 2. The third-order valence-corrected chi connectivity index (χ3v) is 2.62. The molecule has 1 aromatic rings. The summed E-state index contributed by atoms with van der Waals surface area (Å²) in [6.07, 6.45) is 1.11. The molecule has 6 nitrogen and oxygen atoms in total. The van der Waals surface area contributed by atoms with Gasteiger partial charge in [-0.25, -0.2) is 0 Å². The molecule has 0 heterocycles. The van der Waals surface area contributed by atoms with Crippen LogP contribution >= 0.6 is 0 Å². The lowest BCUT2D eigenvalue weighted by Gasteiger charge is -2.16. The van der Waals surface area contributed by atoms with Gasteiger partial charge in [0.05, 0.1) is 12.0 Å². The van der Waals surface area contributed by atoms with E-state index >= 15 is 0 Å². The maximum atomic E-state index is 11.9. The monoisotopic (exact) mass is 267 g/mol. The fraction of sp³-hybridized carbons (Fsp3) is 0.385. The fourth-order valence-electron chi connectivity index (χ4n) is 1.76. The van der Waals surface area contributed by atoms with E-state index < -0.39 is 17.9 Å². The van der Waals surface area contributed by atoms with Gasteiger partial charge in [-0.2, -0.15) is 0 Å². The Kier molecular flexibility index (Phi) is 5.17. The minimum atomic E-state index is -0.992. The van der Waals surface area contributed by atoms with Crippen molar-refractivity contribution in [3.05, 3.63) is 23.8 Å². The molecule has 4 N–H and O–H groups in total. The van der Waals surface area contributed by atoms with E-state index in [1.165, 1.54) is 12.1 Å². The van der Waals surface area contributed by atoms with E-state index in [9.17, 15) is 14.7 Å². The van der Waals surface area contributed by atoms with Gasteiger partial charge in [-0.3, -0.25) is 9.59 Å². The van der Waals surface area contributed by atoms with Crippen molar-refractivity contribution in [1.82, 2.24) is 5.32 Å². The van der Waals surface area contributed by atoms with E-state index in [1.54, 1.807) is 0 Å². The van der Waals surface area contributed by atoms with Crippen molar-refractivity contribution >= 4 is 11.9 Å².